The van der Waals surface area contributed by atoms with Crippen LogP contribution >= 0.6 is 0 Å². The lowest BCUT2D eigenvalue weighted by atomic mass is 9.78. The summed E-state index contributed by atoms with van der Waals surface area (Å²) >= 11 is 0. The number of hydrogen-bond donors (Lipinski definition) is 1. The molecule has 208 valence electrons. The second kappa shape index (κ2) is 10.2. The van der Waals surface area contributed by atoms with E-state index >= 15 is 0 Å². The maximum Gasteiger partial charge on any atom is 0.420 e. The summed E-state index contributed by atoms with van der Waals surface area (Å²) in [5, 5.41) is 9.70. The molecule has 1 aromatic heterocycles. The van der Waals surface area contributed by atoms with E-state index in [1.807, 2.05) is 0 Å². The van der Waals surface area contributed by atoms with Crippen molar-refractivity contribution >= 4 is 16.7 Å². The molecule has 2 bridgehead atoms. The summed E-state index contributed by atoms with van der Waals surface area (Å²) < 4.78 is 87.0. The average Bonchev–Trinajstić information content (AvgIpc) is 2.82. The van der Waals surface area contributed by atoms with E-state index in [9.17, 15) is 36.2 Å². The molecule has 0 amide bonds. The fourth-order valence-corrected chi connectivity index (χ4v) is 6.53. The lowest BCUT2D eigenvalue weighted by molar-refractivity contribution is -0.185. The molecule has 2 aromatic rings. The number of hydrogen-bond acceptors (Lipinski definition) is 4. The van der Waals surface area contributed by atoms with E-state index < -0.39 is 35.9 Å². The number of carboxylic acid groups (broad SMARTS) is 1. The molecule has 1 N–H and O–H groups in total. The van der Waals surface area contributed by atoms with E-state index in [2.05, 4.69) is 9.88 Å². The van der Waals surface area contributed by atoms with Gasteiger partial charge in [-0.25, -0.2) is 0 Å². The minimum absolute atomic E-state index is 0.0393. The molecule has 2 unspecified atom stereocenters. The Bertz CT molecular complexity index is 1160. The average molecular weight is 545 g/mol. The van der Waals surface area contributed by atoms with Crippen molar-refractivity contribution in [1.29, 1.82) is 0 Å². The SMILES string of the molecule is O=C(O)C1CC2CCCC(C1)N2Cc1cc2ccc(OC3CCC(C(F)(F)F)CC3)c(C(F)(F)F)c2cn1. The largest absolute Gasteiger partial charge is 0.490 e. The van der Waals surface area contributed by atoms with Crippen LogP contribution in [-0.4, -0.2) is 45.3 Å². The van der Waals surface area contributed by atoms with Crippen LogP contribution in [0.5, 0.6) is 5.75 Å². The van der Waals surface area contributed by atoms with Crippen LogP contribution < -0.4 is 4.74 Å². The van der Waals surface area contributed by atoms with Gasteiger partial charge in [-0.3, -0.25) is 14.7 Å². The summed E-state index contributed by atoms with van der Waals surface area (Å²) in [7, 11) is 0. The van der Waals surface area contributed by atoms with Gasteiger partial charge in [-0.05, 0) is 68.9 Å². The van der Waals surface area contributed by atoms with Gasteiger partial charge >= 0.3 is 18.3 Å². The molecule has 38 heavy (non-hydrogen) atoms. The zero-order valence-corrected chi connectivity index (χ0v) is 20.7. The number of alkyl halides is 6. The highest BCUT2D eigenvalue weighted by atomic mass is 19.4. The van der Waals surface area contributed by atoms with Gasteiger partial charge in [-0.15, -0.1) is 0 Å². The predicted molar refractivity (Wildman–Crippen MR) is 127 cm³/mol. The second-order valence-electron chi connectivity index (χ2n) is 10.9. The Morgan fingerprint density at radius 2 is 1.66 bits per heavy atom. The Labute approximate surface area is 216 Å². The molecule has 3 heterocycles. The molecule has 1 saturated carbocycles. The molecule has 2 atom stereocenters. The van der Waals surface area contributed by atoms with Crippen molar-refractivity contribution in [3.63, 3.8) is 0 Å². The summed E-state index contributed by atoms with van der Waals surface area (Å²) in [6, 6.07) is 4.62. The number of aromatic nitrogens is 1. The first kappa shape index (κ1) is 27.0. The molecular formula is C27H30F6N2O3. The first-order valence-electron chi connectivity index (χ1n) is 13.1. The smallest absolute Gasteiger partial charge is 0.420 e. The van der Waals surface area contributed by atoms with Crippen molar-refractivity contribution in [2.45, 2.75) is 94.9 Å². The van der Waals surface area contributed by atoms with Gasteiger partial charge in [0.2, 0.25) is 0 Å². The van der Waals surface area contributed by atoms with Gasteiger partial charge in [0.25, 0.3) is 0 Å². The fraction of sp³-hybridized carbons (Fsp3) is 0.630. The number of carbonyl (C=O) groups is 1. The van der Waals surface area contributed by atoms with Crippen LogP contribution in [0.25, 0.3) is 10.8 Å². The molecule has 5 nitrogen and oxygen atoms in total. The number of nitrogens with zero attached hydrogens (tertiary/aromatic N) is 2. The van der Waals surface area contributed by atoms with Crippen LogP contribution in [0.3, 0.4) is 0 Å². The van der Waals surface area contributed by atoms with Gasteiger partial charge in [0.1, 0.15) is 11.3 Å². The van der Waals surface area contributed by atoms with Crippen LogP contribution in [0.1, 0.15) is 69.0 Å². The van der Waals surface area contributed by atoms with Crippen molar-refractivity contribution in [2.75, 3.05) is 0 Å². The number of pyridine rings is 1. The number of rotatable bonds is 5. The van der Waals surface area contributed by atoms with Crippen molar-refractivity contribution < 1.29 is 41.0 Å². The number of fused-ring (bicyclic) bond motifs is 3. The highest BCUT2D eigenvalue weighted by Gasteiger charge is 2.43. The lowest BCUT2D eigenvalue weighted by Gasteiger charge is -2.48. The lowest BCUT2D eigenvalue weighted by Crippen LogP contribution is -2.52. The second-order valence-corrected chi connectivity index (χ2v) is 10.9. The molecular weight excluding hydrogens is 514 g/mol. The minimum Gasteiger partial charge on any atom is -0.490 e. The van der Waals surface area contributed by atoms with Gasteiger partial charge in [-0.1, -0.05) is 12.5 Å². The third-order valence-corrected chi connectivity index (χ3v) is 8.46. The molecule has 0 spiro atoms. The molecule has 0 radical (unpaired) electrons. The number of piperidine rings is 2. The third kappa shape index (κ3) is 5.58. The van der Waals surface area contributed by atoms with E-state index in [0.717, 1.165) is 19.3 Å². The zero-order valence-electron chi connectivity index (χ0n) is 20.7. The van der Waals surface area contributed by atoms with E-state index in [1.165, 1.54) is 18.3 Å². The standard InChI is InChI=1S/C27H30F6N2O3/c28-26(29,30)17-5-7-21(8-6-17)38-23-9-4-15-10-18(34-13-22(15)24(23)27(31,32)33)14-35-19-2-1-3-20(35)12-16(11-19)25(36)37/h4,9-10,13,16-17,19-21H,1-3,5-8,11-12,14H2,(H,36,37). The van der Waals surface area contributed by atoms with Crippen molar-refractivity contribution in [3.05, 3.63) is 35.7 Å². The molecule has 2 saturated heterocycles. The maximum absolute atomic E-state index is 14.2. The molecule has 1 aliphatic carbocycles. The molecule has 3 aliphatic rings. The van der Waals surface area contributed by atoms with Crippen LogP contribution in [0, 0.1) is 11.8 Å². The fourth-order valence-electron chi connectivity index (χ4n) is 6.53. The third-order valence-electron chi connectivity index (χ3n) is 8.46. The van der Waals surface area contributed by atoms with Gasteiger partial charge in [0.05, 0.1) is 23.6 Å². The summed E-state index contributed by atoms with van der Waals surface area (Å²) in [6.07, 6.45) is -4.90. The minimum atomic E-state index is -4.74. The van der Waals surface area contributed by atoms with Gasteiger partial charge < -0.3 is 9.84 Å². The summed E-state index contributed by atoms with van der Waals surface area (Å²) in [6.45, 7) is 0.430. The first-order valence-corrected chi connectivity index (χ1v) is 13.1. The van der Waals surface area contributed by atoms with E-state index in [-0.39, 0.29) is 54.8 Å². The quantitative estimate of drug-likeness (QED) is 0.412. The number of aliphatic carboxylic acids is 1. The summed E-state index contributed by atoms with van der Waals surface area (Å²) in [5.41, 5.74) is -0.360. The Kier molecular flexibility index (Phi) is 7.26. The Balaban J connectivity index is 1.36. The van der Waals surface area contributed by atoms with Crippen LogP contribution in [-0.2, 0) is 17.5 Å². The molecule has 1 aromatic carbocycles. The predicted octanol–water partition coefficient (Wildman–Crippen LogP) is 6.97. The van der Waals surface area contributed by atoms with Crippen molar-refractivity contribution in [2.24, 2.45) is 11.8 Å². The number of halogens is 6. The van der Waals surface area contributed by atoms with Crippen molar-refractivity contribution in [3.8, 4) is 5.75 Å². The molecule has 5 rings (SSSR count). The molecule has 11 heteroatoms. The van der Waals surface area contributed by atoms with E-state index in [4.69, 9.17) is 4.74 Å². The number of benzene rings is 1. The number of ether oxygens (including phenoxy) is 1. The normalized spacial score (nSPS) is 28.8. The summed E-state index contributed by atoms with van der Waals surface area (Å²) in [5.74, 6) is -2.99. The molecule has 2 aliphatic heterocycles. The summed E-state index contributed by atoms with van der Waals surface area (Å²) in [4.78, 5) is 18.1. The molecule has 3 fully saturated rings. The van der Waals surface area contributed by atoms with Crippen molar-refractivity contribution in [1.82, 2.24) is 9.88 Å². The van der Waals surface area contributed by atoms with Crippen LogP contribution in [0.15, 0.2) is 24.4 Å². The highest BCUT2D eigenvalue weighted by molar-refractivity contribution is 5.88. The Hall–Kier alpha value is -2.56. The Morgan fingerprint density at radius 1 is 1.00 bits per heavy atom. The maximum atomic E-state index is 14.2. The van der Waals surface area contributed by atoms with Crippen LogP contribution in [0.2, 0.25) is 0 Å². The Morgan fingerprint density at radius 3 is 2.24 bits per heavy atom. The number of carboxylic acids is 1. The van der Waals surface area contributed by atoms with Gasteiger partial charge in [0.15, 0.2) is 0 Å². The van der Waals surface area contributed by atoms with Crippen LogP contribution in [0.4, 0.5) is 26.3 Å². The highest BCUT2D eigenvalue weighted by Crippen LogP contribution is 2.44. The van der Waals surface area contributed by atoms with E-state index in [0.29, 0.717) is 30.5 Å². The zero-order chi connectivity index (χ0) is 27.2. The topological polar surface area (TPSA) is 62.7 Å². The van der Waals surface area contributed by atoms with Gasteiger partial charge in [-0.2, -0.15) is 26.3 Å². The monoisotopic (exact) mass is 544 g/mol. The van der Waals surface area contributed by atoms with E-state index in [1.54, 1.807) is 6.07 Å². The first-order chi connectivity index (χ1) is 17.9. The van der Waals surface area contributed by atoms with Gasteiger partial charge in [0, 0.05) is 30.2 Å².